The van der Waals surface area contributed by atoms with Crippen LogP contribution in [0.2, 0.25) is 10.0 Å². The molecule has 0 saturated carbocycles. The third-order valence-electron chi connectivity index (χ3n) is 4.60. The number of hydrogen-bond donors (Lipinski definition) is 0. The average molecular weight is 479 g/mol. The summed E-state index contributed by atoms with van der Waals surface area (Å²) in [5.74, 6) is 1.70. The Balaban J connectivity index is 1.43. The maximum absolute atomic E-state index is 6.02. The van der Waals surface area contributed by atoms with Crippen LogP contribution in [0.4, 0.5) is 0 Å². The van der Waals surface area contributed by atoms with Crippen molar-refractivity contribution in [1.82, 2.24) is 0 Å². The number of benzene rings is 4. The summed E-state index contributed by atoms with van der Waals surface area (Å²) < 4.78 is 23.7. The Morgan fingerprint density at radius 3 is 1.64 bits per heavy atom. The molecule has 0 aliphatic rings. The van der Waals surface area contributed by atoms with Gasteiger partial charge in [0.05, 0.1) is 13.2 Å². The van der Waals surface area contributed by atoms with Gasteiger partial charge in [0.2, 0.25) is 0 Å². The van der Waals surface area contributed by atoms with E-state index in [1.54, 1.807) is 48.5 Å². The van der Waals surface area contributed by atoms with E-state index in [0.29, 0.717) is 40.5 Å². The summed E-state index contributed by atoms with van der Waals surface area (Å²) in [4.78, 5) is 0. The van der Waals surface area contributed by atoms with Gasteiger partial charge in [-0.25, -0.2) is 0 Å². The van der Waals surface area contributed by atoms with Gasteiger partial charge in [-0.2, -0.15) is 0 Å². The monoisotopic (exact) mass is 478 g/mol. The Bertz CT molecular complexity index is 1090. The van der Waals surface area contributed by atoms with E-state index in [0.717, 1.165) is 11.1 Å². The minimum Gasteiger partial charge on any atom is -0.490 e. The van der Waals surface area contributed by atoms with Gasteiger partial charge in [-0.15, -0.1) is 0 Å². The third kappa shape index (κ3) is 7.46. The maximum atomic E-state index is 6.02. The van der Waals surface area contributed by atoms with Gasteiger partial charge in [0.25, 0.3) is 0 Å². The van der Waals surface area contributed by atoms with Crippen molar-refractivity contribution in [2.45, 2.75) is 13.2 Å². The maximum Gasteiger partial charge on any atom is 0.864 e. The van der Waals surface area contributed by atoms with E-state index < -0.39 is 7.32 Å². The average Bonchev–Trinajstić information content (AvgIpc) is 2.83. The smallest absolute Gasteiger partial charge is 0.490 e. The number of halogens is 2. The summed E-state index contributed by atoms with van der Waals surface area (Å²) in [6, 6.07) is 31.6. The molecule has 4 aromatic rings. The van der Waals surface area contributed by atoms with Crippen LogP contribution in [0, 0.1) is 0 Å². The lowest BCUT2D eigenvalue weighted by Gasteiger charge is -2.17. The summed E-state index contributed by atoms with van der Waals surface area (Å²) in [6.45, 7) is 0.987. The Labute approximate surface area is 203 Å². The molecule has 0 fully saturated rings. The molecule has 0 amide bonds. The zero-order valence-corrected chi connectivity index (χ0v) is 19.2. The lowest BCUT2D eigenvalue weighted by atomic mass is 10.1. The molecule has 4 nitrogen and oxygen atoms in total. The molecule has 0 saturated heterocycles. The molecule has 7 heteroatoms. The highest BCUT2D eigenvalue weighted by atomic mass is 35.5. The SMILES string of the molecule is Clc1ccc(OB(Oc2ccc(Cl)cc2)Oc2cccc(COCc3ccccc3)c2)cc1. The first-order valence-corrected chi connectivity index (χ1v) is 11.1. The van der Waals surface area contributed by atoms with Crippen molar-refractivity contribution in [1.29, 1.82) is 0 Å². The van der Waals surface area contributed by atoms with Crippen LogP contribution in [0.5, 0.6) is 17.2 Å². The van der Waals surface area contributed by atoms with E-state index in [1.807, 2.05) is 54.6 Å². The van der Waals surface area contributed by atoms with Crippen molar-refractivity contribution in [2.75, 3.05) is 0 Å². The largest absolute Gasteiger partial charge is 0.864 e. The molecule has 0 atom stereocenters. The van der Waals surface area contributed by atoms with Crippen LogP contribution in [0.1, 0.15) is 11.1 Å². The second-order valence-electron chi connectivity index (χ2n) is 7.18. The second-order valence-corrected chi connectivity index (χ2v) is 8.05. The molecule has 0 bridgehead atoms. The van der Waals surface area contributed by atoms with Crippen LogP contribution in [0.15, 0.2) is 103 Å². The van der Waals surface area contributed by atoms with E-state index in [4.69, 9.17) is 41.9 Å². The highest BCUT2D eigenvalue weighted by Crippen LogP contribution is 2.22. The molecule has 0 N–H and O–H groups in total. The molecule has 166 valence electrons. The van der Waals surface area contributed by atoms with Gasteiger partial charge in [-0.05, 0) is 71.8 Å². The minimum absolute atomic E-state index is 0.451. The zero-order valence-electron chi connectivity index (χ0n) is 17.7. The normalized spacial score (nSPS) is 10.5. The molecule has 4 rings (SSSR count). The molecule has 0 aromatic heterocycles. The highest BCUT2D eigenvalue weighted by Gasteiger charge is 2.30. The summed E-state index contributed by atoms with van der Waals surface area (Å²) in [7, 11) is -1.03. The number of hydrogen-bond acceptors (Lipinski definition) is 4. The second kappa shape index (κ2) is 11.7. The van der Waals surface area contributed by atoms with Crippen molar-refractivity contribution in [2.24, 2.45) is 0 Å². The molecule has 0 radical (unpaired) electrons. The standard InChI is InChI=1S/C26H21BCl2O4/c28-22-9-13-24(14-10-22)31-27(32-25-15-11-23(29)12-16-25)33-26-8-4-7-21(17-26)19-30-18-20-5-2-1-3-6-20/h1-17H,18-19H2. The van der Waals surface area contributed by atoms with E-state index in [9.17, 15) is 0 Å². The summed E-state index contributed by atoms with van der Waals surface area (Å²) in [6.07, 6.45) is 0. The quantitative estimate of drug-likeness (QED) is 0.225. The fraction of sp³-hybridized carbons (Fsp3) is 0.0769. The van der Waals surface area contributed by atoms with Crippen LogP contribution >= 0.6 is 23.2 Å². The topological polar surface area (TPSA) is 36.9 Å². The van der Waals surface area contributed by atoms with Crippen LogP contribution in [-0.2, 0) is 18.0 Å². The zero-order chi connectivity index (χ0) is 22.9. The first-order chi connectivity index (χ1) is 16.1. The summed E-state index contributed by atoms with van der Waals surface area (Å²) >= 11 is 12.0. The van der Waals surface area contributed by atoms with Gasteiger partial charge in [0.1, 0.15) is 17.2 Å². The van der Waals surface area contributed by atoms with E-state index in [1.165, 1.54) is 0 Å². The van der Waals surface area contributed by atoms with Crippen molar-refractivity contribution in [3.8, 4) is 17.2 Å². The number of ether oxygens (including phenoxy) is 1. The van der Waals surface area contributed by atoms with Crippen molar-refractivity contribution in [3.05, 3.63) is 124 Å². The minimum atomic E-state index is -1.03. The first kappa shape index (κ1) is 23.1. The lowest BCUT2D eigenvalue weighted by Crippen LogP contribution is -2.37. The Hall–Kier alpha value is -3.12. The van der Waals surface area contributed by atoms with Gasteiger partial charge in [-0.1, -0.05) is 65.7 Å². The third-order valence-corrected chi connectivity index (χ3v) is 5.11. The number of rotatable bonds is 10. The molecule has 4 aromatic carbocycles. The molecule has 0 unspecified atom stereocenters. The van der Waals surface area contributed by atoms with Crippen LogP contribution in [0.3, 0.4) is 0 Å². The van der Waals surface area contributed by atoms with Crippen molar-refractivity contribution in [3.63, 3.8) is 0 Å². The van der Waals surface area contributed by atoms with Gasteiger partial charge in [0, 0.05) is 10.0 Å². The fourth-order valence-electron chi connectivity index (χ4n) is 3.00. The summed E-state index contributed by atoms with van der Waals surface area (Å²) in [5.41, 5.74) is 2.10. The molecule has 33 heavy (non-hydrogen) atoms. The molecule has 0 spiro atoms. The van der Waals surface area contributed by atoms with E-state index >= 15 is 0 Å². The van der Waals surface area contributed by atoms with Gasteiger partial charge < -0.3 is 18.7 Å². The fourth-order valence-corrected chi connectivity index (χ4v) is 3.25. The van der Waals surface area contributed by atoms with Crippen LogP contribution in [-0.4, -0.2) is 7.32 Å². The molecule has 0 aliphatic carbocycles. The van der Waals surface area contributed by atoms with Crippen molar-refractivity contribution < 1.29 is 18.7 Å². The molecular weight excluding hydrogens is 458 g/mol. The lowest BCUT2D eigenvalue weighted by molar-refractivity contribution is 0.107. The Morgan fingerprint density at radius 1 is 0.515 bits per heavy atom. The van der Waals surface area contributed by atoms with Gasteiger partial charge >= 0.3 is 7.32 Å². The Morgan fingerprint density at radius 2 is 1.03 bits per heavy atom. The molecule has 0 heterocycles. The first-order valence-electron chi connectivity index (χ1n) is 10.4. The predicted octanol–water partition coefficient (Wildman–Crippen LogP) is 7.23. The van der Waals surface area contributed by atoms with Crippen LogP contribution < -0.4 is 14.0 Å². The van der Waals surface area contributed by atoms with Gasteiger partial charge in [-0.3, -0.25) is 0 Å². The highest BCUT2D eigenvalue weighted by molar-refractivity contribution is 6.39. The van der Waals surface area contributed by atoms with Crippen molar-refractivity contribution >= 4 is 30.5 Å². The van der Waals surface area contributed by atoms with E-state index in [2.05, 4.69) is 0 Å². The predicted molar refractivity (Wildman–Crippen MR) is 132 cm³/mol. The van der Waals surface area contributed by atoms with Gasteiger partial charge in [0.15, 0.2) is 0 Å². The Kier molecular flexibility index (Phi) is 8.15. The molecule has 0 aliphatic heterocycles. The van der Waals surface area contributed by atoms with E-state index in [-0.39, 0.29) is 0 Å². The van der Waals surface area contributed by atoms with Crippen LogP contribution in [0.25, 0.3) is 0 Å². The summed E-state index contributed by atoms with van der Waals surface area (Å²) in [5, 5.41) is 1.23. The molecular formula is C26H21BCl2O4.